The van der Waals surface area contributed by atoms with Gasteiger partial charge in [-0.3, -0.25) is 0 Å². The van der Waals surface area contributed by atoms with Crippen LogP contribution >= 0.6 is 0 Å². The Kier molecular flexibility index (Phi) is 3.70. The molecule has 0 saturated heterocycles. The molecule has 0 nitrogen and oxygen atoms in total. The van der Waals surface area contributed by atoms with E-state index in [0.717, 1.165) is 0 Å². The molecule has 0 bridgehead atoms. The lowest BCUT2D eigenvalue weighted by Gasteiger charge is -2.47. The minimum Gasteiger partial charge on any atom is -0.0617 e. The van der Waals surface area contributed by atoms with E-state index in [1.165, 1.54) is 44.9 Å². The molecule has 1 saturated carbocycles. The quantitative estimate of drug-likeness (QED) is 0.583. The summed E-state index contributed by atoms with van der Waals surface area (Å²) < 4.78 is 0. The highest BCUT2D eigenvalue weighted by Crippen LogP contribution is 2.47. The first kappa shape index (κ1) is 15.4. The van der Waals surface area contributed by atoms with Crippen LogP contribution in [-0.4, -0.2) is 39.2 Å². The van der Waals surface area contributed by atoms with Gasteiger partial charge in [0.15, 0.2) is 0 Å². The Morgan fingerprint density at radius 2 is 1.24 bits per heavy atom. The number of hydrogen-bond acceptors (Lipinski definition) is 0. The van der Waals surface area contributed by atoms with Crippen LogP contribution in [0.1, 0.15) is 61.6 Å². The van der Waals surface area contributed by atoms with Gasteiger partial charge in [-0.1, -0.05) is 84.7 Å². The molecule has 106 valence electrons. The third-order valence-electron chi connectivity index (χ3n) is 6.45. The molecule has 2 aliphatic carbocycles. The average Bonchev–Trinajstić information content (AvgIpc) is 2.44. The van der Waals surface area contributed by atoms with Crippen LogP contribution in [0.15, 0.2) is 18.2 Å². The molecule has 0 radical (unpaired) electrons. The van der Waals surface area contributed by atoms with Gasteiger partial charge in [-0.25, -0.2) is 0 Å². The normalized spacial score (nSPS) is 25.9. The van der Waals surface area contributed by atoms with Gasteiger partial charge in [0.1, 0.15) is 39.2 Å². The van der Waals surface area contributed by atoms with Crippen LogP contribution < -0.4 is 0 Å². The Balaban J connectivity index is 2.19. The maximum absolute atomic E-state index is 2.53. The van der Waals surface area contributed by atoms with E-state index in [1.807, 2.05) is 0 Å². The lowest BCUT2D eigenvalue weighted by molar-refractivity contribution is 0.392. The molecule has 0 aromatic heterocycles. The molecule has 21 heavy (non-hydrogen) atoms. The van der Waals surface area contributed by atoms with E-state index in [9.17, 15) is 0 Å². The Hall–Kier alpha value is -0.455. The third-order valence-corrected chi connectivity index (χ3v) is 6.45. The largest absolute Gasteiger partial charge is 0.115 e. The van der Waals surface area contributed by atoms with Crippen molar-refractivity contribution in [3.8, 4) is 0 Å². The molecule has 0 heterocycles. The van der Waals surface area contributed by atoms with E-state index in [2.05, 4.69) is 57.4 Å². The average molecular weight is 273 g/mol. The summed E-state index contributed by atoms with van der Waals surface area (Å²) in [6, 6.07) is 7.19. The highest BCUT2D eigenvalue weighted by Gasteiger charge is 2.41. The van der Waals surface area contributed by atoms with Crippen LogP contribution in [0.25, 0.3) is 0 Å². The van der Waals surface area contributed by atoms with E-state index in [4.69, 9.17) is 0 Å². The molecule has 5 heteroatoms. The van der Waals surface area contributed by atoms with E-state index in [1.54, 1.807) is 16.7 Å². The van der Waals surface area contributed by atoms with E-state index < -0.39 is 0 Å². The molecule has 1 aromatic carbocycles. The fourth-order valence-electron chi connectivity index (χ4n) is 4.83. The van der Waals surface area contributed by atoms with Crippen molar-refractivity contribution in [2.45, 2.75) is 60.7 Å². The smallest absolute Gasteiger partial charge is 0.0617 e. The minimum atomic E-state index is 0.335. The fourth-order valence-corrected chi connectivity index (χ4v) is 4.83. The molecule has 0 aliphatic heterocycles. The zero-order valence-corrected chi connectivity index (χ0v) is 14.7. The Morgan fingerprint density at radius 1 is 0.667 bits per heavy atom. The second-order valence-corrected chi connectivity index (χ2v) is 9.12. The zero-order valence-electron chi connectivity index (χ0n) is 14.7. The molecule has 0 unspecified atom stereocenters. The maximum atomic E-state index is 2.53. The molecule has 0 atom stereocenters. The van der Waals surface area contributed by atoms with Gasteiger partial charge in [0.25, 0.3) is 0 Å². The number of rotatable bonds is 1. The fraction of sp³-hybridized carbons (Fsp3) is 0.625. The topological polar surface area (TPSA) is 0 Å². The number of hydrogen-bond donors (Lipinski definition) is 0. The molecular weight excluding hydrogens is 246 g/mol. The monoisotopic (exact) mass is 274 g/mol. The van der Waals surface area contributed by atoms with Gasteiger partial charge >= 0.3 is 0 Å². The lowest BCUT2D eigenvalue weighted by Crippen LogP contribution is -2.45. The van der Waals surface area contributed by atoms with Gasteiger partial charge in [0.2, 0.25) is 0 Å². The molecule has 1 aromatic rings. The van der Waals surface area contributed by atoms with Gasteiger partial charge in [0.05, 0.1) is 0 Å². The summed E-state index contributed by atoms with van der Waals surface area (Å²) in [5.41, 5.74) is 5.01. The Morgan fingerprint density at radius 3 is 1.90 bits per heavy atom. The third kappa shape index (κ3) is 2.55. The van der Waals surface area contributed by atoms with Crippen molar-refractivity contribution in [3.63, 3.8) is 0 Å². The van der Waals surface area contributed by atoms with Gasteiger partial charge in [-0.15, -0.1) is 0 Å². The second kappa shape index (κ2) is 5.03. The summed E-state index contributed by atoms with van der Waals surface area (Å²) in [5.74, 6) is 0. The standard InChI is InChI=1S/C16H27B5/c17-14(7-2-1-3-8-14)11-5-4-6-12-13(11)16(20,21)10-9-15(12,18)19/h4-6H,1-3,7-10,17-21H2. The zero-order chi connectivity index (χ0) is 15.3. The summed E-state index contributed by atoms with van der Waals surface area (Å²) in [5, 5.41) is 1.09. The van der Waals surface area contributed by atoms with Crippen molar-refractivity contribution < 1.29 is 0 Å². The van der Waals surface area contributed by atoms with Crippen molar-refractivity contribution in [3.05, 3.63) is 34.9 Å². The van der Waals surface area contributed by atoms with Crippen molar-refractivity contribution >= 4 is 39.2 Å². The molecule has 0 N–H and O–H groups in total. The van der Waals surface area contributed by atoms with Crippen molar-refractivity contribution in [2.75, 3.05) is 0 Å². The van der Waals surface area contributed by atoms with Crippen LogP contribution in [0.2, 0.25) is 0 Å². The molecule has 0 spiro atoms. The predicted octanol–water partition coefficient (Wildman–Crippen LogP) is -0.889. The molecule has 2 aliphatic rings. The van der Waals surface area contributed by atoms with Crippen molar-refractivity contribution in [1.82, 2.24) is 0 Å². The van der Waals surface area contributed by atoms with Crippen LogP contribution in [0.4, 0.5) is 0 Å². The highest BCUT2D eigenvalue weighted by molar-refractivity contribution is 6.44. The van der Waals surface area contributed by atoms with Gasteiger partial charge in [-0.05, 0) is 10.9 Å². The molecule has 1 fully saturated rings. The first-order chi connectivity index (χ1) is 9.76. The summed E-state index contributed by atoms with van der Waals surface area (Å²) in [6.45, 7) is 0. The Bertz CT molecular complexity index is 544. The van der Waals surface area contributed by atoms with Crippen LogP contribution in [0, 0.1) is 0 Å². The van der Waals surface area contributed by atoms with Crippen LogP contribution in [0.5, 0.6) is 0 Å². The number of benzene rings is 1. The first-order valence-corrected chi connectivity index (χ1v) is 8.91. The summed E-state index contributed by atoms with van der Waals surface area (Å²) in [6.07, 6.45) is 9.63. The van der Waals surface area contributed by atoms with Crippen LogP contribution in [-0.2, 0) is 15.7 Å². The van der Waals surface area contributed by atoms with E-state index >= 15 is 0 Å². The van der Waals surface area contributed by atoms with Crippen molar-refractivity contribution in [2.24, 2.45) is 0 Å². The summed E-state index contributed by atoms with van der Waals surface area (Å²) >= 11 is 0. The molecule has 0 amide bonds. The van der Waals surface area contributed by atoms with Crippen molar-refractivity contribution in [1.29, 1.82) is 0 Å². The first-order valence-electron chi connectivity index (χ1n) is 8.91. The Labute approximate surface area is 135 Å². The van der Waals surface area contributed by atoms with Gasteiger partial charge in [0, 0.05) is 0 Å². The van der Waals surface area contributed by atoms with E-state index in [0.29, 0.717) is 15.7 Å². The SMILES string of the molecule is BC1(B)CCC(B)(B)c2c1cccc2C1(B)CCCCC1. The number of fused-ring (bicyclic) bond motifs is 1. The minimum absolute atomic E-state index is 0.335. The summed E-state index contributed by atoms with van der Waals surface area (Å²) in [7, 11) is 12.3. The van der Waals surface area contributed by atoms with Gasteiger partial charge < -0.3 is 0 Å². The van der Waals surface area contributed by atoms with Crippen LogP contribution in [0.3, 0.4) is 0 Å². The molecular formula is C16H27B5. The van der Waals surface area contributed by atoms with Gasteiger partial charge in [-0.2, -0.15) is 0 Å². The second-order valence-electron chi connectivity index (χ2n) is 9.12. The maximum Gasteiger partial charge on any atom is 0.115 e. The van der Waals surface area contributed by atoms with E-state index in [-0.39, 0.29) is 0 Å². The molecule has 3 rings (SSSR count). The summed E-state index contributed by atoms with van der Waals surface area (Å²) in [4.78, 5) is 0. The lowest BCUT2D eigenvalue weighted by atomic mass is 9.35. The predicted molar refractivity (Wildman–Crippen MR) is 107 cm³/mol. The highest BCUT2D eigenvalue weighted by atomic mass is 14.4.